The average molecular weight is 324 g/mol. The molecule has 3 rings (SSSR count). The maximum absolute atomic E-state index is 12.1. The molecule has 0 saturated carbocycles. The van der Waals surface area contributed by atoms with Gasteiger partial charge in [0.2, 0.25) is 5.91 Å². The second-order valence-corrected chi connectivity index (χ2v) is 6.73. The molecule has 1 aromatic rings. The molecule has 5 heteroatoms. The van der Waals surface area contributed by atoms with Crippen LogP contribution in [0.4, 0.5) is 0 Å². The van der Waals surface area contributed by atoms with Gasteiger partial charge in [-0.25, -0.2) is 0 Å². The molecule has 0 N–H and O–H groups in total. The Labute approximate surface area is 136 Å². The summed E-state index contributed by atoms with van der Waals surface area (Å²) in [6.45, 7) is 4.21. The van der Waals surface area contributed by atoms with Crippen molar-refractivity contribution in [1.29, 1.82) is 0 Å². The number of benzene rings is 1. The van der Waals surface area contributed by atoms with Gasteiger partial charge in [0.05, 0.1) is 19.8 Å². The molecule has 0 radical (unpaired) electrons. The maximum atomic E-state index is 12.1. The first-order valence-electron chi connectivity index (χ1n) is 7.85. The number of likely N-dealkylation sites (tertiary alicyclic amines) is 1. The van der Waals surface area contributed by atoms with Crippen molar-refractivity contribution >= 4 is 17.5 Å². The summed E-state index contributed by atoms with van der Waals surface area (Å²) in [7, 11) is 0. The van der Waals surface area contributed by atoms with E-state index in [-0.39, 0.29) is 11.3 Å². The highest BCUT2D eigenvalue weighted by molar-refractivity contribution is 6.30. The Balaban J connectivity index is 1.44. The van der Waals surface area contributed by atoms with E-state index in [4.69, 9.17) is 21.1 Å². The van der Waals surface area contributed by atoms with Gasteiger partial charge in [-0.3, -0.25) is 4.79 Å². The molecule has 1 amide bonds. The van der Waals surface area contributed by atoms with Crippen LogP contribution < -0.4 is 0 Å². The van der Waals surface area contributed by atoms with Gasteiger partial charge in [0.25, 0.3) is 0 Å². The molecule has 2 fully saturated rings. The highest BCUT2D eigenvalue weighted by Crippen LogP contribution is 2.37. The highest BCUT2D eigenvalue weighted by Gasteiger charge is 2.41. The Bertz CT molecular complexity index is 511. The van der Waals surface area contributed by atoms with Gasteiger partial charge < -0.3 is 14.4 Å². The minimum absolute atomic E-state index is 0.199. The van der Waals surface area contributed by atoms with Crippen molar-refractivity contribution in [3.05, 3.63) is 34.9 Å². The highest BCUT2D eigenvalue weighted by atomic mass is 35.5. The molecule has 1 atom stereocenters. The van der Waals surface area contributed by atoms with E-state index in [2.05, 4.69) is 0 Å². The van der Waals surface area contributed by atoms with E-state index >= 15 is 0 Å². The van der Waals surface area contributed by atoms with Gasteiger partial charge in [-0.15, -0.1) is 0 Å². The lowest BCUT2D eigenvalue weighted by Crippen LogP contribution is -2.48. The molecule has 2 aliphatic rings. The molecule has 0 unspecified atom stereocenters. The Morgan fingerprint density at radius 3 is 2.82 bits per heavy atom. The number of carbonyl (C=O) groups is 1. The molecule has 4 nitrogen and oxygen atoms in total. The van der Waals surface area contributed by atoms with Crippen LogP contribution in [0.25, 0.3) is 0 Å². The minimum Gasteiger partial charge on any atom is -0.381 e. The van der Waals surface area contributed by atoms with Gasteiger partial charge >= 0.3 is 0 Å². The summed E-state index contributed by atoms with van der Waals surface area (Å²) < 4.78 is 11.2. The summed E-state index contributed by atoms with van der Waals surface area (Å²) in [6, 6.07) is 7.63. The maximum Gasteiger partial charge on any atom is 0.222 e. The van der Waals surface area contributed by atoms with E-state index in [0.717, 1.165) is 43.2 Å². The van der Waals surface area contributed by atoms with Crippen molar-refractivity contribution in [2.45, 2.75) is 25.9 Å². The Kier molecular flexibility index (Phi) is 5.01. The van der Waals surface area contributed by atoms with Crippen molar-refractivity contribution in [2.24, 2.45) is 5.41 Å². The number of hydrogen-bond acceptors (Lipinski definition) is 3. The van der Waals surface area contributed by atoms with Crippen LogP contribution in [0.15, 0.2) is 24.3 Å². The number of piperidine rings is 1. The van der Waals surface area contributed by atoms with Crippen LogP contribution in [0, 0.1) is 5.41 Å². The number of hydrogen-bond donors (Lipinski definition) is 0. The van der Waals surface area contributed by atoms with E-state index in [0.29, 0.717) is 26.2 Å². The third kappa shape index (κ3) is 3.80. The summed E-state index contributed by atoms with van der Waals surface area (Å²) in [5.41, 5.74) is 1.29. The lowest BCUT2D eigenvalue weighted by Gasteiger charge is -2.39. The van der Waals surface area contributed by atoms with E-state index < -0.39 is 0 Å². The quantitative estimate of drug-likeness (QED) is 0.782. The third-order valence-electron chi connectivity index (χ3n) is 4.62. The summed E-state index contributed by atoms with van der Waals surface area (Å²) >= 11 is 5.85. The second-order valence-electron chi connectivity index (χ2n) is 6.30. The fourth-order valence-corrected chi connectivity index (χ4v) is 3.35. The Hall–Kier alpha value is -1.10. The van der Waals surface area contributed by atoms with Gasteiger partial charge in [-0.2, -0.15) is 0 Å². The first kappa shape index (κ1) is 15.8. The predicted molar refractivity (Wildman–Crippen MR) is 84.8 cm³/mol. The summed E-state index contributed by atoms with van der Waals surface area (Å²) in [6.07, 6.45) is 2.68. The zero-order chi connectivity index (χ0) is 15.4. The van der Waals surface area contributed by atoms with Gasteiger partial charge in [-0.05, 0) is 30.5 Å². The van der Waals surface area contributed by atoms with Gasteiger partial charge in [0.15, 0.2) is 0 Å². The monoisotopic (exact) mass is 323 g/mol. The van der Waals surface area contributed by atoms with Crippen molar-refractivity contribution in [3.8, 4) is 0 Å². The van der Waals surface area contributed by atoms with Crippen molar-refractivity contribution in [3.63, 3.8) is 0 Å². The predicted octanol–water partition coefficient (Wildman–Crippen LogP) is 2.89. The zero-order valence-corrected chi connectivity index (χ0v) is 13.5. The Morgan fingerprint density at radius 1 is 1.27 bits per heavy atom. The molecule has 120 valence electrons. The first-order chi connectivity index (χ1) is 10.7. The number of rotatable bonds is 5. The van der Waals surface area contributed by atoms with Crippen LogP contribution in [0.3, 0.4) is 0 Å². The second kappa shape index (κ2) is 6.99. The van der Waals surface area contributed by atoms with Crippen LogP contribution in [0.5, 0.6) is 0 Å². The summed E-state index contributed by atoms with van der Waals surface area (Å²) in [5, 5.41) is 0.728. The Morgan fingerprint density at radius 2 is 2.09 bits per heavy atom. The van der Waals surface area contributed by atoms with Gasteiger partial charge in [-0.1, -0.05) is 23.7 Å². The molecular weight excluding hydrogens is 302 g/mol. The largest absolute Gasteiger partial charge is 0.381 e. The minimum atomic E-state index is 0.199. The van der Waals surface area contributed by atoms with Crippen molar-refractivity contribution in [2.75, 3.05) is 32.9 Å². The molecule has 2 heterocycles. The normalized spacial score (nSPS) is 25.1. The zero-order valence-electron chi connectivity index (χ0n) is 12.7. The summed E-state index contributed by atoms with van der Waals surface area (Å²) in [4.78, 5) is 14.0. The fraction of sp³-hybridized carbons (Fsp3) is 0.588. The van der Waals surface area contributed by atoms with Crippen LogP contribution in [-0.2, 0) is 20.9 Å². The molecule has 2 saturated heterocycles. The average Bonchev–Trinajstić information content (AvgIpc) is 2.97. The molecule has 2 aliphatic heterocycles. The fourth-order valence-electron chi connectivity index (χ4n) is 3.22. The standard InChI is InChI=1S/C17H22ClNO3/c18-15-3-1-14(2-4-15)11-21-10-8-19-12-17(6-5-16(19)20)7-9-22-13-17/h1-4H,5-13H2/t17-/m0/s1. The first-order valence-corrected chi connectivity index (χ1v) is 8.22. The smallest absolute Gasteiger partial charge is 0.222 e. The number of amides is 1. The van der Waals surface area contributed by atoms with Crippen LogP contribution in [0.2, 0.25) is 5.02 Å². The van der Waals surface area contributed by atoms with E-state index in [9.17, 15) is 4.79 Å². The molecule has 0 aliphatic carbocycles. The van der Waals surface area contributed by atoms with Crippen LogP contribution >= 0.6 is 11.6 Å². The van der Waals surface area contributed by atoms with E-state index in [1.807, 2.05) is 29.2 Å². The van der Waals surface area contributed by atoms with Gasteiger partial charge in [0.1, 0.15) is 0 Å². The number of carbonyl (C=O) groups excluding carboxylic acids is 1. The lowest BCUT2D eigenvalue weighted by atomic mass is 9.79. The molecule has 0 bridgehead atoms. The SMILES string of the molecule is O=C1CC[C@]2(CCOC2)CN1CCOCc1ccc(Cl)cc1. The van der Waals surface area contributed by atoms with E-state index in [1.54, 1.807) is 0 Å². The topological polar surface area (TPSA) is 38.8 Å². The molecule has 0 aromatic heterocycles. The van der Waals surface area contributed by atoms with Gasteiger partial charge in [0, 0.05) is 36.6 Å². The number of ether oxygens (including phenoxy) is 2. The van der Waals surface area contributed by atoms with Crippen molar-refractivity contribution in [1.82, 2.24) is 4.90 Å². The van der Waals surface area contributed by atoms with Crippen molar-refractivity contribution < 1.29 is 14.3 Å². The lowest BCUT2D eigenvalue weighted by molar-refractivity contribution is -0.138. The molecule has 1 aromatic carbocycles. The van der Waals surface area contributed by atoms with Crippen LogP contribution in [-0.4, -0.2) is 43.7 Å². The molecular formula is C17H22ClNO3. The molecule has 1 spiro atoms. The summed E-state index contributed by atoms with van der Waals surface area (Å²) in [5.74, 6) is 0.243. The number of nitrogens with zero attached hydrogens (tertiary/aromatic N) is 1. The van der Waals surface area contributed by atoms with E-state index in [1.165, 1.54) is 0 Å². The molecule has 22 heavy (non-hydrogen) atoms. The third-order valence-corrected chi connectivity index (χ3v) is 4.87. The number of halogens is 1. The van der Waals surface area contributed by atoms with Crippen LogP contribution in [0.1, 0.15) is 24.8 Å².